The Hall–Kier alpha value is -1.55. The summed E-state index contributed by atoms with van der Waals surface area (Å²) in [5.74, 6) is -0.0750. The van der Waals surface area contributed by atoms with Gasteiger partial charge in [-0.05, 0) is 18.6 Å². The lowest BCUT2D eigenvalue weighted by Gasteiger charge is -2.20. The van der Waals surface area contributed by atoms with Crippen LogP contribution in [0, 0.1) is 0 Å². The fourth-order valence-corrected chi connectivity index (χ4v) is 1.47. The molecule has 1 aromatic rings. The molecule has 0 saturated carbocycles. The SMILES string of the molecule is CC[C@@H](N)C(=O)NCCN(C)c1ccccc1. The predicted octanol–water partition coefficient (Wildman–Crippen LogP) is 0.976. The minimum atomic E-state index is -0.392. The fraction of sp³-hybridized carbons (Fsp3) is 0.462. The smallest absolute Gasteiger partial charge is 0.236 e. The molecule has 0 spiro atoms. The first-order chi connectivity index (χ1) is 8.15. The lowest BCUT2D eigenvalue weighted by Crippen LogP contribution is -2.42. The number of para-hydroxylation sites is 1. The highest BCUT2D eigenvalue weighted by Gasteiger charge is 2.09. The summed E-state index contributed by atoms with van der Waals surface area (Å²) >= 11 is 0. The van der Waals surface area contributed by atoms with Crippen LogP contribution < -0.4 is 16.0 Å². The number of amides is 1. The van der Waals surface area contributed by atoms with E-state index in [2.05, 4.69) is 10.2 Å². The minimum Gasteiger partial charge on any atom is -0.373 e. The van der Waals surface area contributed by atoms with Gasteiger partial charge < -0.3 is 16.0 Å². The van der Waals surface area contributed by atoms with Crippen LogP contribution in [0.5, 0.6) is 0 Å². The number of carbonyl (C=O) groups is 1. The number of rotatable bonds is 6. The number of likely N-dealkylation sites (N-methyl/N-ethyl adjacent to an activating group) is 1. The van der Waals surface area contributed by atoms with E-state index in [4.69, 9.17) is 5.73 Å². The van der Waals surface area contributed by atoms with Crippen LogP contribution >= 0.6 is 0 Å². The highest BCUT2D eigenvalue weighted by Crippen LogP contribution is 2.09. The molecular weight excluding hydrogens is 214 g/mol. The van der Waals surface area contributed by atoms with E-state index in [-0.39, 0.29) is 5.91 Å². The number of hydrogen-bond acceptors (Lipinski definition) is 3. The monoisotopic (exact) mass is 235 g/mol. The van der Waals surface area contributed by atoms with Crippen LogP contribution in [0.25, 0.3) is 0 Å². The minimum absolute atomic E-state index is 0.0750. The summed E-state index contributed by atoms with van der Waals surface area (Å²) < 4.78 is 0. The summed E-state index contributed by atoms with van der Waals surface area (Å²) in [6.07, 6.45) is 0.667. The Kier molecular flexibility index (Phi) is 5.49. The standard InChI is InChI=1S/C13H21N3O/c1-3-12(14)13(17)15-9-10-16(2)11-7-5-4-6-8-11/h4-8,12H,3,9-10,14H2,1-2H3,(H,15,17)/t12-/m1/s1. The molecule has 1 amide bonds. The Morgan fingerprint density at radius 2 is 2.06 bits per heavy atom. The third-order valence-electron chi connectivity index (χ3n) is 2.72. The van der Waals surface area contributed by atoms with Crippen molar-refractivity contribution in [3.63, 3.8) is 0 Å². The normalized spacial score (nSPS) is 11.9. The lowest BCUT2D eigenvalue weighted by molar-refractivity contribution is -0.122. The van der Waals surface area contributed by atoms with Crippen molar-refractivity contribution in [2.24, 2.45) is 5.73 Å². The van der Waals surface area contributed by atoms with Gasteiger partial charge in [-0.15, -0.1) is 0 Å². The number of carbonyl (C=O) groups excluding carboxylic acids is 1. The van der Waals surface area contributed by atoms with Crippen LogP contribution in [0.4, 0.5) is 5.69 Å². The van der Waals surface area contributed by atoms with E-state index >= 15 is 0 Å². The van der Waals surface area contributed by atoms with E-state index in [1.807, 2.05) is 44.3 Å². The first kappa shape index (κ1) is 13.5. The first-order valence-electron chi connectivity index (χ1n) is 5.94. The summed E-state index contributed by atoms with van der Waals surface area (Å²) in [6, 6.07) is 9.67. The topological polar surface area (TPSA) is 58.4 Å². The van der Waals surface area contributed by atoms with Gasteiger partial charge in [-0.25, -0.2) is 0 Å². The van der Waals surface area contributed by atoms with Gasteiger partial charge in [-0.3, -0.25) is 4.79 Å². The van der Waals surface area contributed by atoms with E-state index in [9.17, 15) is 4.79 Å². The molecule has 0 fully saturated rings. The van der Waals surface area contributed by atoms with Crippen molar-refractivity contribution in [3.05, 3.63) is 30.3 Å². The van der Waals surface area contributed by atoms with Crippen LogP contribution in [0.1, 0.15) is 13.3 Å². The second-order valence-electron chi connectivity index (χ2n) is 4.06. The van der Waals surface area contributed by atoms with Gasteiger partial charge in [0, 0.05) is 25.8 Å². The van der Waals surface area contributed by atoms with Gasteiger partial charge in [0.1, 0.15) is 0 Å². The number of hydrogen-bond donors (Lipinski definition) is 2. The van der Waals surface area contributed by atoms with E-state index < -0.39 is 6.04 Å². The molecule has 0 aromatic heterocycles. The zero-order valence-electron chi connectivity index (χ0n) is 10.5. The molecule has 4 heteroatoms. The Labute approximate surface area is 103 Å². The number of benzene rings is 1. The van der Waals surface area contributed by atoms with Crippen LogP contribution in [0.3, 0.4) is 0 Å². The van der Waals surface area contributed by atoms with Gasteiger partial charge in [0.25, 0.3) is 0 Å². The molecule has 1 aromatic carbocycles. The second kappa shape index (κ2) is 6.91. The molecule has 0 aliphatic carbocycles. The molecule has 1 atom stereocenters. The average molecular weight is 235 g/mol. The molecule has 94 valence electrons. The highest BCUT2D eigenvalue weighted by molar-refractivity contribution is 5.81. The Balaban J connectivity index is 2.30. The molecule has 4 nitrogen and oxygen atoms in total. The summed E-state index contributed by atoms with van der Waals surface area (Å²) in [4.78, 5) is 13.5. The van der Waals surface area contributed by atoms with Gasteiger partial charge >= 0.3 is 0 Å². The largest absolute Gasteiger partial charge is 0.373 e. The number of nitrogens with one attached hydrogen (secondary N) is 1. The van der Waals surface area contributed by atoms with Crippen molar-refractivity contribution >= 4 is 11.6 Å². The number of nitrogens with zero attached hydrogens (tertiary/aromatic N) is 1. The predicted molar refractivity (Wildman–Crippen MR) is 71.0 cm³/mol. The molecule has 1 rings (SSSR count). The van der Waals surface area contributed by atoms with E-state index in [0.29, 0.717) is 13.0 Å². The van der Waals surface area contributed by atoms with E-state index in [1.165, 1.54) is 0 Å². The fourth-order valence-electron chi connectivity index (χ4n) is 1.47. The Bertz CT molecular complexity index is 340. The molecular formula is C13H21N3O. The Morgan fingerprint density at radius 1 is 1.41 bits per heavy atom. The van der Waals surface area contributed by atoms with Crippen LogP contribution in [-0.4, -0.2) is 32.1 Å². The molecule has 0 saturated heterocycles. The number of nitrogens with two attached hydrogens (primary N) is 1. The lowest BCUT2D eigenvalue weighted by atomic mass is 10.2. The maximum absolute atomic E-state index is 11.4. The average Bonchev–Trinajstić information content (AvgIpc) is 2.38. The molecule has 0 aliphatic rings. The highest BCUT2D eigenvalue weighted by atomic mass is 16.2. The zero-order chi connectivity index (χ0) is 12.7. The summed E-state index contributed by atoms with van der Waals surface area (Å²) in [5.41, 5.74) is 6.76. The summed E-state index contributed by atoms with van der Waals surface area (Å²) in [7, 11) is 2.00. The molecule has 0 unspecified atom stereocenters. The maximum Gasteiger partial charge on any atom is 0.236 e. The van der Waals surface area contributed by atoms with Crippen LogP contribution in [0.15, 0.2) is 30.3 Å². The number of anilines is 1. The van der Waals surface area contributed by atoms with Crippen LogP contribution in [-0.2, 0) is 4.79 Å². The van der Waals surface area contributed by atoms with Crippen LogP contribution in [0.2, 0.25) is 0 Å². The molecule has 0 heterocycles. The van der Waals surface area contributed by atoms with Crippen molar-refractivity contribution < 1.29 is 4.79 Å². The molecule has 0 bridgehead atoms. The quantitative estimate of drug-likeness (QED) is 0.772. The third kappa shape index (κ3) is 4.44. The van der Waals surface area contributed by atoms with Crippen molar-refractivity contribution in [1.29, 1.82) is 0 Å². The van der Waals surface area contributed by atoms with E-state index in [1.54, 1.807) is 0 Å². The summed E-state index contributed by atoms with van der Waals surface area (Å²) in [5, 5.41) is 2.83. The van der Waals surface area contributed by atoms with Crippen molar-refractivity contribution in [2.45, 2.75) is 19.4 Å². The molecule has 0 aliphatic heterocycles. The zero-order valence-corrected chi connectivity index (χ0v) is 10.5. The second-order valence-corrected chi connectivity index (χ2v) is 4.06. The van der Waals surface area contributed by atoms with Gasteiger partial charge in [-0.2, -0.15) is 0 Å². The van der Waals surface area contributed by atoms with Gasteiger partial charge in [-0.1, -0.05) is 25.1 Å². The Morgan fingerprint density at radius 3 is 2.65 bits per heavy atom. The first-order valence-corrected chi connectivity index (χ1v) is 5.94. The molecule has 3 N–H and O–H groups in total. The summed E-state index contributed by atoms with van der Waals surface area (Å²) in [6.45, 7) is 3.28. The molecule has 0 radical (unpaired) electrons. The van der Waals surface area contributed by atoms with Gasteiger partial charge in [0.05, 0.1) is 6.04 Å². The van der Waals surface area contributed by atoms with Crippen molar-refractivity contribution in [3.8, 4) is 0 Å². The molecule has 17 heavy (non-hydrogen) atoms. The van der Waals surface area contributed by atoms with Crippen molar-refractivity contribution in [2.75, 3.05) is 25.0 Å². The van der Waals surface area contributed by atoms with Crippen molar-refractivity contribution in [1.82, 2.24) is 5.32 Å². The van der Waals surface area contributed by atoms with E-state index in [0.717, 1.165) is 12.2 Å². The van der Waals surface area contributed by atoms with Gasteiger partial charge in [0.2, 0.25) is 5.91 Å². The third-order valence-corrected chi connectivity index (χ3v) is 2.72. The van der Waals surface area contributed by atoms with Gasteiger partial charge in [0.15, 0.2) is 0 Å². The maximum atomic E-state index is 11.4.